The van der Waals surface area contributed by atoms with Crippen molar-refractivity contribution in [2.75, 3.05) is 5.75 Å². The molecule has 3 rings (SSSR count). The molecule has 0 radical (unpaired) electrons. The topological polar surface area (TPSA) is 59.8 Å². The Morgan fingerprint density at radius 3 is 2.76 bits per heavy atom. The van der Waals surface area contributed by atoms with Crippen LogP contribution in [0.4, 0.5) is 0 Å². The summed E-state index contributed by atoms with van der Waals surface area (Å²) in [4.78, 5) is 12.3. The molecule has 134 valence electrons. The summed E-state index contributed by atoms with van der Waals surface area (Å²) in [5.41, 5.74) is 1.03. The van der Waals surface area contributed by atoms with Gasteiger partial charge in [0.2, 0.25) is 5.91 Å². The fraction of sp³-hybridized carbons (Fsp3) is 0.526. The van der Waals surface area contributed by atoms with Crippen LogP contribution in [0.15, 0.2) is 35.5 Å². The monoisotopic (exact) mass is 358 g/mol. The fourth-order valence-corrected chi connectivity index (χ4v) is 4.17. The van der Waals surface area contributed by atoms with Crippen LogP contribution in [0.25, 0.3) is 11.4 Å². The standard InChI is InChI=1S/C19H26N4OS/c1-13-8-7-11-16(14(13)2)20-17(24)12-25-19-22-21-18(23(19)3)15-9-5-4-6-10-15/h4-6,9-10,13-14,16H,7-8,11-12H2,1-3H3,(H,20,24)/t13-,14+,16+/m0/s1. The predicted molar refractivity (Wildman–Crippen MR) is 101 cm³/mol. The Balaban J connectivity index is 1.57. The second-order valence-electron chi connectivity index (χ2n) is 6.96. The lowest BCUT2D eigenvalue weighted by molar-refractivity contribution is -0.120. The average Bonchev–Trinajstić information content (AvgIpc) is 2.99. The largest absolute Gasteiger partial charge is 0.352 e. The van der Waals surface area contributed by atoms with Gasteiger partial charge in [0.15, 0.2) is 11.0 Å². The van der Waals surface area contributed by atoms with Crippen molar-refractivity contribution in [3.8, 4) is 11.4 Å². The molecule has 5 nitrogen and oxygen atoms in total. The first-order valence-corrected chi connectivity index (χ1v) is 9.91. The molecule has 1 heterocycles. The molecular weight excluding hydrogens is 332 g/mol. The number of benzene rings is 1. The number of hydrogen-bond acceptors (Lipinski definition) is 4. The van der Waals surface area contributed by atoms with E-state index in [1.807, 2.05) is 41.9 Å². The molecule has 2 aromatic rings. The summed E-state index contributed by atoms with van der Waals surface area (Å²) >= 11 is 1.44. The van der Waals surface area contributed by atoms with E-state index in [0.29, 0.717) is 23.6 Å². The van der Waals surface area contributed by atoms with Gasteiger partial charge in [-0.3, -0.25) is 4.79 Å². The van der Waals surface area contributed by atoms with Gasteiger partial charge in [-0.1, -0.05) is 68.8 Å². The average molecular weight is 359 g/mol. The van der Waals surface area contributed by atoms with Gasteiger partial charge in [0.1, 0.15) is 0 Å². The quantitative estimate of drug-likeness (QED) is 0.831. The SMILES string of the molecule is C[C@@H]1[C@@H](C)CCC[C@H]1NC(=O)CSc1nnc(-c2ccccc2)n1C. The Labute approximate surface area is 153 Å². The summed E-state index contributed by atoms with van der Waals surface area (Å²) in [5.74, 6) is 2.50. The molecule has 0 saturated heterocycles. The Hall–Kier alpha value is -1.82. The van der Waals surface area contributed by atoms with Gasteiger partial charge in [0.05, 0.1) is 5.75 Å². The van der Waals surface area contributed by atoms with Crippen molar-refractivity contribution in [3.63, 3.8) is 0 Å². The molecule has 0 aliphatic heterocycles. The van der Waals surface area contributed by atoms with Crippen molar-refractivity contribution in [3.05, 3.63) is 30.3 Å². The highest BCUT2D eigenvalue weighted by Gasteiger charge is 2.28. The van der Waals surface area contributed by atoms with Gasteiger partial charge in [-0.25, -0.2) is 0 Å². The molecule has 1 aliphatic rings. The molecule has 6 heteroatoms. The van der Waals surface area contributed by atoms with Crippen LogP contribution in [0.1, 0.15) is 33.1 Å². The molecule has 3 atom stereocenters. The van der Waals surface area contributed by atoms with Crippen LogP contribution >= 0.6 is 11.8 Å². The molecule has 1 aromatic carbocycles. The summed E-state index contributed by atoms with van der Waals surface area (Å²) in [7, 11) is 1.94. The van der Waals surface area contributed by atoms with E-state index in [-0.39, 0.29) is 5.91 Å². The number of carbonyl (C=O) groups excluding carboxylic acids is 1. The number of hydrogen-bond donors (Lipinski definition) is 1. The molecule has 1 amide bonds. The van der Waals surface area contributed by atoms with Gasteiger partial charge in [-0.2, -0.15) is 0 Å². The maximum Gasteiger partial charge on any atom is 0.230 e. The van der Waals surface area contributed by atoms with E-state index in [9.17, 15) is 4.79 Å². The summed E-state index contributed by atoms with van der Waals surface area (Å²) in [6, 6.07) is 10.3. The smallest absolute Gasteiger partial charge is 0.230 e. The second-order valence-corrected chi connectivity index (χ2v) is 7.90. The highest BCUT2D eigenvalue weighted by atomic mass is 32.2. The van der Waals surface area contributed by atoms with Crippen LogP contribution in [-0.2, 0) is 11.8 Å². The molecule has 1 aliphatic carbocycles. The lowest BCUT2D eigenvalue weighted by atomic mass is 9.78. The maximum atomic E-state index is 12.3. The minimum Gasteiger partial charge on any atom is -0.352 e. The number of nitrogens with one attached hydrogen (secondary N) is 1. The highest BCUT2D eigenvalue weighted by Crippen LogP contribution is 2.29. The minimum atomic E-state index is 0.0835. The van der Waals surface area contributed by atoms with Gasteiger partial charge in [0, 0.05) is 18.7 Å². The minimum absolute atomic E-state index is 0.0835. The zero-order valence-electron chi connectivity index (χ0n) is 15.1. The van der Waals surface area contributed by atoms with E-state index in [4.69, 9.17) is 0 Å². The fourth-order valence-electron chi connectivity index (χ4n) is 3.44. The third kappa shape index (κ3) is 4.24. The molecule has 0 spiro atoms. The number of amides is 1. The second kappa shape index (κ2) is 8.04. The van der Waals surface area contributed by atoms with Gasteiger partial charge in [-0.15, -0.1) is 10.2 Å². The number of thioether (sulfide) groups is 1. The van der Waals surface area contributed by atoms with Crippen molar-refractivity contribution in [1.82, 2.24) is 20.1 Å². The lowest BCUT2D eigenvalue weighted by Gasteiger charge is -2.34. The molecule has 25 heavy (non-hydrogen) atoms. The zero-order valence-corrected chi connectivity index (χ0v) is 15.9. The number of rotatable bonds is 5. The van der Waals surface area contributed by atoms with E-state index >= 15 is 0 Å². The molecule has 1 fully saturated rings. The normalized spacial score (nSPS) is 23.4. The van der Waals surface area contributed by atoms with E-state index in [1.54, 1.807) is 0 Å². The van der Waals surface area contributed by atoms with E-state index in [2.05, 4.69) is 29.4 Å². The van der Waals surface area contributed by atoms with Crippen LogP contribution < -0.4 is 5.32 Å². The van der Waals surface area contributed by atoms with E-state index in [0.717, 1.165) is 23.0 Å². The van der Waals surface area contributed by atoms with Crippen molar-refractivity contribution in [2.24, 2.45) is 18.9 Å². The van der Waals surface area contributed by atoms with Gasteiger partial charge >= 0.3 is 0 Å². The van der Waals surface area contributed by atoms with Crippen LogP contribution in [0.5, 0.6) is 0 Å². The Kier molecular flexibility index (Phi) is 5.78. The number of carbonyl (C=O) groups is 1. The molecular formula is C19H26N4OS. The lowest BCUT2D eigenvalue weighted by Crippen LogP contribution is -2.44. The van der Waals surface area contributed by atoms with E-state index < -0.39 is 0 Å². The van der Waals surface area contributed by atoms with Crippen molar-refractivity contribution >= 4 is 17.7 Å². The van der Waals surface area contributed by atoms with Gasteiger partial charge in [-0.05, 0) is 18.3 Å². The number of aromatic nitrogens is 3. The van der Waals surface area contributed by atoms with E-state index in [1.165, 1.54) is 24.6 Å². The van der Waals surface area contributed by atoms with Crippen LogP contribution in [-0.4, -0.2) is 32.5 Å². The van der Waals surface area contributed by atoms with Gasteiger partial charge < -0.3 is 9.88 Å². The van der Waals surface area contributed by atoms with Crippen LogP contribution in [0.3, 0.4) is 0 Å². The summed E-state index contributed by atoms with van der Waals surface area (Å²) in [5, 5.41) is 12.5. The molecule has 1 saturated carbocycles. The van der Waals surface area contributed by atoms with Crippen LogP contribution in [0.2, 0.25) is 0 Å². The Bertz CT molecular complexity index is 715. The maximum absolute atomic E-state index is 12.3. The van der Waals surface area contributed by atoms with Crippen molar-refractivity contribution in [1.29, 1.82) is 0 Å². The third-order valence-electron chi connectivity index (χ3n) is 5.25. The van der Waals surface area contributed by atoms with Crippen molar-refractivity contribution in [2.45, 2.75) is 44.3 Å². The van der Waals surface area contributed by atoms with Crippen LogP contribution in [0, 0.1) is 11.8 Å². The highest BCUT2D eigenvalue weighted by molar-refractivity contribution is 7.99. The summed E-state index contributed by atoms with van der Waals surface area (Å²) in [6.07, 6.45) is 3.56. The van der Waals surface area contributed by atoms with Crippen molar-refractivity contribution < 1.29 is 4.79 Å². The first-order valence-electron chi connectivity index (χ1n) is 8.93. The first kappa shape index (κ1) is 18.0. The summed E-state index contributed by atoms with van der Waals surface area (Å²) in [6.45, 7) is 4.53. The molecule has 0 unspecified atom stereocenters. The summed E-state index contributed by atoms with van der Waals surface area (Å²) < 4.78 is 1.94. The molecule has 1 N–H and O–H groups in total. The Morgan fingerprint density at radius 1 is 1.24 bits per heavy atom. The predicted octanol–water partition coefficient (Wildman–Crippen LogP) is 3.52. The molecule has 0 bridgehead atoms. The Morgan fingerprint density at radius 2 is 2.00 bits per heavy atom. The third-order valence-corrected chi connectivity index (χ3v) is 6.27. The number of nitrogens with zero attached hydrogens (tertiary/aromatic N) is 3. The molecule has 1 aromatic heterocycles. The first-order chi connectivity index (χ1) is 12.1. The zero-order chi connectivity index (χ0) is 17.8. The van der Waals surface area contributed by atoms with Gasteiger partial charge in [0.25, 0.3) is 0 Å².